The zero-order valence-electron chi connectivity index (χ0n) is 10.4. The number of halogens is 2. The minimum Gasteiger partial charge on any atom is -0.322 e. The Morgan fingerprint density at radius 1 is 1.26 bits per heavy atom. The lowest BCUT2D eigenvalue weighted by Gasteiger charge is -2.07. The van der Waals surface area contributed by atoms with Crippen molar-refractivity contribution in [3.8, 4) is 0 Å². The average molecular weight is 278 g/mol. The van der Waals surface area contributed by atoms with Gasteiger partial charge < -0.3 is 5.32 Å². The molecule has 2 aromatic carbocycles. The van der Waals surface area contributed by atoms with Crippen molar-refractivity contribution in [3.05, 3.63) is 65.0 Å². The van der Waals surface area contributed by atoms with Crippen molar-refractivity contribution in [2.75, 3.05) is 5.32 Å². The fourth-order valence-electron chi connectivity index (χ4n) is 1.67. The van der Waals surface area contributed by atoms with Crippen LogP contribution in [0.3, 0.4) is 0 Å². The summed E-state index contributed by atoms with van der Waals surface area (Å²) in [5, 5.41) is 2.72. The number of aryl methyl sites for hydroxylation is 1. The topological polar surface area (TPSA) is 29.1 Å². The zero-order chi connectivity index (χ0) is 13.8. The molecule has 2 aromatic rings. The molecule has 2 rings (SSSR count). The molecule has 0 aliphatic rings. The van der Waals surface area contributed by atoms with Crippen LogP contribution in [0.15, 0.2) is 42.5 Å². The van der Waals surface area contributed by atoms with Crippen LogP contribution < -0.4 is 5.32 Å². The van der Waals surface area contributed by atoms with Crippen LogP contribution in [0, 0.1) is 12.7 Å². The molecule has 19 heavy (non-hydrogen) atoms. The molecule has 4 heteroatoms. The van der Waals surface area contributed by atoms with Crippen LogP contribution >= 0.6 is 11.6 Å². The summed E-state index contributed by atoms with van der Waals surface area (Å²) in [4.78, 5) is 12.0. The third-order valence-corrected chi connectivity index (χ3v) is 3.08. The second-order valence-corrected chi connectivity index (χ2v) is 4.52. The number of carbonyl (C=O) groups excluding carboxylic acids is 1. The Labute approximate surface area is 116 Å². The molecule has 2 nitrogen and oxygen atoms in total. The molecule has 0 heterocycles. The molecular formula is C15H13ClFNO. The third-order valence-electron chi connectivity index (χ3n) is 2.77. The van der Waals surface area contributed by atoms with Gasteiger partial charge in [0, 0.05) is 17.1 Å². The van der Waals surface area contributed by atoms with E-state index in [0.717, 1.165) is 5.56 Å². The van der Waals surface area contributed by atoms with E-state index in [-0.39, 0.29) is 11.7 Å². The lowest BCUT2D eigenvalue weighted by molar-refractivity contribution is 0.102. The van der Waals surface area contributed by atoms with Gasteiger partial charge in [0.2, 0.25) is 0 Å². The Morgan fingerprint density at radius 3 is 2.74 bits per heavy atom. The molecule has 0 atom stereocenters. The molecule has 0 unspecified atom stereocenters. The number of nitrogens with one attached hydrogen (secondary N) is 1. The first-order chi connectivity index (χ1) is 9.10. The maximum atomic E-state index is 13.4. The van der Waals surface area contributed by atoms with E-state index < -0.39 is 0 Å². The Hall–Kier alpha value is -1.87. The summed E-state index contributed by atoms with van der Waals surface area (Å²) < 4.78 is 13.4. The van der Waals surface area contributed by atoms with Crippen LogP contribution in [0.5, 0.6) is 0 Å². The molecular weight excluding hydrogens is 265 g/mol. The first-order valence-corrected chi connectivity index (χ1v) is 6.36. The quantitative estimate of drug-likeness (QED) is 0.840. The molecule has 0 aliphatic heterocycles. The summed E-state index contributed by atoms with van der Waals surface area (Å²) >= 11 is 5.73. The highest BCUT2D eigenvalue weighted by Gasteiger charge is 2.08. The van der Waals surface area contributed by atoms with E-state index in [1.165, 1.54) is 6.07 Å². The van der Waals surface area contributed by atoms with Crippen molar-refractivity contribution < 1.29 is 9.18 Å². The van der Waals surface area contributed by atoms with Gasteiger partial charge in [0.25, 0.3) is 5.91 Å². The highest BCUT2D eigenvalue weighted by Crippen LogP contribution is 2.15. The predicted octanol–water partition coefficient (Wildman–Crippen LogP) is 4.13. The third kappa shape index (κ3) is 3.32. The minimum absolute atomic E-state index is 0.291. The molecule has 0 spiro atoms. The van der Waals surface area contributed by atoms with Gasteiger partial charge in [0.1, 0.15) is 5.82 Å². The monoisotopic (exact) mass is 277 g/mol. The van der Waals surface area contributed by atoms with Crippen molar-refractivity contribution in [2.24, 2.45) is 0 Å². The van der Waals surface area contributed by atoms with Gasteiger partial charge in [-0.05, 0) is 42.3 Å². The van der Waals surface area contributed by atoms with Crippen molar-refractivity contribution in [3.63, 3.8) is 0 Å². The Bertz CT molecular complexity index is 613. The molecule has 0 saturated heterocycles. The van der Waals surface area contributed by atoms with Gasteiger partial charge in [-0.3, -0.25) is 4.79 Å². The summed E-state index contributed by atoms with van der Waals surface area (Å²) in [5.41, 5.74) is 2.36. The maximum absolute atomic E-state index is 13.4. The standard InChI is InChI=1S/C15H13ClFNO/c1-10-5-6-12(8-14(10)17)15(19)18-13-4-2-3-11(7-13)9-16/h2-8H,9H2,1H3,(H,18,19). The molecule has 0 radical (unpaired) electrons. The molecule has 0 bridgehead atoms. The first-order valence-electron chi connectivity index (χ1n) is 5.82. The van der Waals surface area contributed by atoms with Crippen molar-refractivity contribution in [1.29, 1.82) is 0 Å². The first kappa shape index (κ1) is 13.6. The second-order valence-electron chi connectivity index (χ2n) is 4.25. The smallest absolute Gasteiger partial charge is 0.255 e. The average Bonchev–Trinajstić information content (AvgIpc) is 2.42. The number of hydrogen-bond acceptors (Lipinski definition) is 1. The van der Waals surface area contributed by atoms with Crippen LogP contribution in [-0.2, 0) is 5.88 Å². The van der Waals surface area contributed by atoms with E-state index in [4.69, 9.17) is 11.6 Å². The number of hydrogen-bond donors (Lipinski definition) is 1. The van der Waals surface area contributed by atoms with E-state index in [9.17, 15) is 9.18 Å². The predicted molar refractivity (Wildman–Crippen MR) is 75.1 cm³/mol. The Morgan fingerprint density at radius 2 is 2.05 bits per heavy atom. The SMILES string of the molecule is Cc1ccc(C(=O)Nc2cccc(CCl)c2)cc1F. The molecule has 1 N–H and O–H groups in total. The van der Waals surface area contributed by atoms with Gasteiger partial charge in [0.05, 0.1) is 0 Å². The van der Waals surface area contributed by atoms with Crippen molar-refractivity contribution >= 4 is 23.2 Å². The van der Waals surface area contributed by atoms with Crippen molar-refractivity contribution in [1.82, 2.24) is 0 Å². The van der Waals surface area contributed by atoms with E-state index in [1.807, 2.05) is 12.1 Å². The molecule has 1 amide bonds. The molecule has 0 saturated carbocycles. The van der Waals surface area contributed by atoms with Crippen LogP contribution in [0.25, 0.3) is 0 Å². The molecule has 0 aliphatic carbocycles. The highest BCUT2D eigenvalue weighted by atomic mass is 35.5. The Kier molecular flexibility index (Phi) is 4.17. The Balaban J connectivity index is 2.18. The fraction of sp³-hybridized carbons (Fsp3) is 0.133. The van der Waals surface area contributed by atoms with E-state index in [0.29, 0.717) is 22.7 Å². The van der Waals surface area contributed by atoms with E-state index in [1.54, 1.807) is 31.2 Å². The van der Waals surface area contributed by atoms with Crippen LogP contribution in [-0.4, -0.2) is 5.91 Å². The maximum Gasteiger partial charge on any atom is 0.255 e. The van der Waals surface area contributed by atoms with Crippen molar-refractivity contribution in [2.45, 2.75) is 12.8 Å². The normalized spacial score (nSPS) is 10.3. The van der Waals surface area contributed by atoms with Crippen LogP contribution in [0.2, 0.25) is 0 Å². The largest absolute Gasteiger partial charge is 0.322 e. The number of benzene rings is 2. The van der Waals surface area contributed by atoms with Gasteiger partial charge >= 0.3 is 0 Å². The highest BCUT2D eigenvalue weighted by molar-refractivity contribution is 6.17. The number of alkyl halides is 1. The van der Waals surface area contributed by atoms with Gasteiger partial charge in [-0.2, -0.15) is 0 Å². The summed E-state index contributed by atoms with van der Waals surface area (Å²) in [5.74, 6) is -0.351. The summed E-state index contributed by atoms with van der Waals surface area (Å²) in [6.07, 6.45) is 0. The van der Waals surface area contributed by atoms with Crippen LogP contribution in [0.1, 0.15) is 21.5 Å². The lowest BCUT2D eigenvalue weighted by Crippen LogP contribution is -2.12. The van der Waals surface area contributed by atoms with Gasteiger partial charge in [-0.25, -0.2) is 4.39 Å². The summed E-state index contributed by atoms with van der Waals surface area (Å²) in [6.45, 7) is 1.65. The van der Waals surface area contributed by atoms with Gasteiger partial charge in [0.15, 0.2) is 0 Å². The van der Waals surface area contributed by atoms with Crippen LogP contribution in [0.4, 0.5) is 10.1 Å². The minimum atomic E-state index is -0.387. The summed E-state index contributed by atoms with van der Waals surface area (Å²) in [7, 11) is 0. The second kappa shape index (κ2) is 5.85. The number of anilines is 1. The fourth-order valence-corrected chi connectivity index (χ4v) is 1.84. The van der Waals surface area contributed by atoms with Gasteiger partial charge in [-0.1, -0.05) is 18.2 Å². The molecule has 0 aromatic heterocycles. The molecule has 0 fully saturated rings. The number of rotatable bonds is 3. The summed E-state index contributed by atoms with van der Waals surface area (Å²) in [6, 6.07) is 11.6. The lowest BCUT2D eigenvalue weighted by atomic mass is 10.1. The van der Waals surface area contributed by atoms with E-state index in [2.05, 4.69) is 5.32 Å². The molecule has 98 valence electrons. The number of amides is 1. The van der Waals surface area contributed by atoms with Gasteiger partial charge in [-0.15, -0.1) is 11.6 Å². The number of carbonyl (C=O) groups is 1. The van der Waals surface area contributed by atoms with E-state index >= 15 is 0 Å². The zero-order valence-corrected chi connectivity index (χ0v) is 11.2.